The number of aryl methyl sites for hydroxylation is 1. The van der Waals surface area contributed by atoms with Gasteiger partial charge in [0.25, 0.3) is 5.91 Å². The van der Waals surface area contributed by atoms with Crippen molar-refractivity contribution in [2.45, 2.75) is 19.6 Å². The van der Waals surface area contributed by atoms with E-state index in [2.05, 4.69) is 20.5 Å². The van der Waals surface area contributed by atoms with Crippen molar-refractivity contribution >= 4 is 44.2 Å². The lowest BCUT2D eigenvalue weighted by molar-refractivity contribution is -0.113. The highest BCUT2D eigenvalue weighted by molar-refractivity contribution is 7.22. The highest BCUT2D eigenvalue weighted by Gasteiger charge is 2.27. The summed E-state index contributed by atoms with van der Waals surface area (Å²) >= 11 is 1.51. The van der Waals surface area contributed by atoms with E-state index in [0.717, 1.165) is 34.2 Å². The summed E-state index contributed by atoms with van der Waals surface area (Å²) in [6, 6.07) is 5.60. The third-order valence-electron chi connectivity index (χ3n) is 6.36. The minimum absolute atomic E-state index is 0.0926. The highest BCUT2D eigenvalue weighted by atomic mass is 32.1. The van der Waals surface area contributed by atoms with Crippen molar-refractivity contribution in [3.63, 3.8) is 0 Å². The van der Waals surface area contributed by atoms with Crippen LogP contribution < -0.4 is 20.4 Å². The monoisotopic (exact) mass is 523 g/mol. The number of aromatic nitrogens is 3. The Labute approximate surface area is 216 Å². The van der Waals surface area contributed by atoms with E-state index in [1.54, 1.807) is 12.3 Å². The Hall–Kier alpha value is -3.77. The number of fused-ring (bicyclic) bond motifs is 1. The zero-order valence-corrected chi connectivity index (χ0v) is 21.1. The smallest absolute Gasteiger partial charge is 0.275 e. The van der Waals surface area contributed by atoms with Crippen LogP contribution in [0, 0.1) is 6.92 Å². The van der Waals surface area contributed by atoms with Crippen molar-refractivity contribution in [1.29, 1.82) is 0 Å². The molecule has 0 bridgehead atoms. The number of pyridine rings is 2. The zero-order chi connectivity index (χ0) is 25.4. The molecule has 0 saturated carbocycles. The van der Waals surface area contributed by atoms with Crippen LogP contribution in [0.25, 0.3) is 10.3 Å². The molecule has 3 aliphatic rings. The molecular formula is C25H26FN7O3S. The van der Waals surface area contributed by atoms with Crippen LogP contribution in [-0.2, 0) is 14.3 Å². The maximum atomic E-state index is 14.2. The van der Waals surface area contributed by atoms with Crippen LogP contribution in [0.2, 0.25) is 0 Å². The van der Waals surface area contributed by atoms with Gasteiger partial charge in [0, 0.05) is 37.1 Å². The molecule has 192 valence electrons. The minimum atomic E-state index is -0.485. The van der Waals surface area contributed by atoms with Gasteiger partial charge in [-0.2, -0.15) is 4.98 Å². The van der Waals surface area contributed by atoms with Crippen molar-refractivity contribution in [3.05, 3.63) is 59.5 Å². The number of halogens is 1. The maximum Gasteiger partial charge on any atom is 0.275 e. The average molecular weight is 524 g/mol. The molecule has 3 aromatic rings. The molecule has 1 saturated heterocycles. The first-order chi connectivity index (χ1) is 18.0. The van der Waals surface area contributed by atoms with Gasteiger partial charge in [-0.1, -0.05) is 11.3 Å². The van der Waals surface area contributed by atoms with Crippen LogP contribution in [0.3, 0.4) is 0 Å². The van der Waals surface area contributed by atoms with Gasteiger partial charge in [0.05, 0.1) is 30.1 Å². The molecule has 2 N–H and O–H groups in total. The standard InChI is InChI=1S/C25H26FN7O3S/c1-15-11-16(4-5-27-15)24-29-19(14-36-24)23(34)28-18-12-20-21(30-22(18)33-6-2-3-17(26)13-33)31-25(37-20)32-7-9-35-10-8-32/h3-5,11-12,14,24,29H,2,6-10,13H2,1H3,(H,28,34). The molecule has 1 unspecified atom stereocenters. The van der Waals surface area contributed by atoms with E-state index >= 15 is 0 Å². The largest absolute Gasteiger partial charge is 0.472 e. The van der Waals surface area contributed by atoms with Gasteiger partial charge in [-0.25, -0.2) is 9.37 Å². The normalized spacial score (nSPS) is 19.8. The summed E-state index contributed by atoms with van der Waals surface area (Å²) in [6.07, 6.45) is 4.77. The van der Waals surface area contributed by atoms with Crippen LogP contribution in [0.5, 0.6) is 0 Å². The van der Waals surface area contributed by atoms with Crippen LogP contribution in [0.1, 0.15) is 23.9 Å². The van der Waals surface area contributed by atoms with Crippen molar-refractivity contribution < 1.29 is 18.7 Å². The lowest BCUT2D eigenvalue weighted by Gasteiger charge is -2.27. The third kappa shape index (κ3) is 4.94. The van der Waals surface area contributed by atoms with Crippen LogP contribution in [0.4, 0.5) is 21.0 Å². The number of ether oxygens (including phenoxy) is 2. The van der Waals surface area contributed by atoms with Gasteiger partial charge in [-0.05, 0) is 37.6 Å². The molecule has 0 aromatic carbocycles. The zero-order valence-electron chi connectivity index (χ0n) is 20.2. The molecule has 10 nitrogen and oxygen atoms in total. The number of thiazole rings is 1. The van der Waals surface area contributed by atoms with Crippen LogP contribution in [0.15, 0.2) is 48.3 Å². The summed E-state index contributed by atoms with van der Waals surface area (Å²) < 4.78 is 26.2. The first-order valence-electron chi connectivity index (χ1n) is 12.1. The number of hydrogen-bond acceptors (Lipinski definition) is 10. The van der Waals surface area contributed by atoms with E-state index in [1.807, 2.05) is 30.0 Å². The fourth-order valence-corrected chi connectivity index (χ4v) is 5.50. The van der Waals surface area contributed by atoms with E-state index in [-0.39, 0.29) is 24.0 Å². The highest BCUT2D eigenvalue weighted by Crippen LogP contribution is 2.36. The van der Waals surface area contributed by atoms with Crippen LogP contribution in [-0.4, -0.2) is 60.3 Å². The Morgan fingerprint density at radius 1 is 1.22 bits per heavy atom. The first-order valence-corrected chi connectivity index (χ1v) is 12.9. The lowest BCUT2D eigenvalue weighted by atomic mass is 10.2. The Bertz CT molecular complexity index is 1400. The van der Waals surface area contributed by atoms with Crippen LogP contribution >= 0.6 is 11.3 Å². The number of hydrogen-bond donors (Lipinski definition) is 2. The molecule has 1 amide bonds. The molecular weight excluding hydrogens is 497 g/mol. The summed E-state index contributed by atoms with van der Waals surface area (Å²) in [5, 5.41) is 6.93. The Morgan fingerprint density at radius 3 is 2.89 bits per heavy atom. The van der Waals surface area contributed by atoms with E-state index < -0.39 is 6.23 Å². The second-order valence-corrected chi connectivity index (χ2v) is 10.0. The van der Waals surface area contributed by atoms with Crippen molar-refractivity contribution in [2.75, 3.05) is 54.5 Å². The number of morpholine rings is 1. The molecule has 37 heavy (non-hydrogen) atoms. The summed E-state index contributed by atoms with van der Waals surface area (Å²) in [4.78, 5) is 31.0. The first kappa shape index (κ1) is 23.6. The molecule has 6 heterocycles. The van der Waals surface area contributed by atoms with E-state index in [1.165, 1.54) is 17.6 Å². The Kier molecular flexibility index (Phi) is 6.35. The molecule has 1 fully saturated rings. The van der Waals surface area contributed by atoms with Gasteiger partial charge >= 0.3 is 0 Å². The van der Waals surface area contributed by atoms with Crippen molar-refractivity contribution in [1.82, 2.24) is 20.3 Å². The predicted octanol–water partition coefficient (Wildman–Crippen LogP) is 3.39. The van der Waals surface area contributed by atoms with Crippen molar-refractivity contribution in [2.24, 2.45) is 0 Å². The number of nitrogens with one attached hydrogen (secondary N) is 2. The van der Waals surface area contributed by atoms with E-state index in [4.69, 9.17) is 19.4 Å². The number of rotatable bonds is 5. The van der Waals surface area contributed by atoms with Gasteiger partial charge in [-0.3, -0.25) is 9.78 Å². The molecule has 3 aromatic heterocycles. The van der Waals surface area contributed by atoms with E-state index in [0.29, 0.717) is 43.3 Å². The second-order valence-electron chi connectivity index (χ2n) is 9.02. The molecule has 0 radical (unpaired) electrons. The SMILES string of the molecule is Cc1cc(C2NC(C(=O)Nc3cc4sc(N5CCOCC5)nc4nc3N3CCC=C(F)C3)=CO2)ccn1. The van der Waals surface area contributed by atoms with Crippen molar-refractivity contribution in [3.8, 4) is 0 Å². The number of nitrogens with zero attached hydrogens (tertiary/aromatic N) is 5. The number of carbonyl (C=O) groups is 1. The maximum absolute atomic E-state index is 14.2. The van der Waals surface area contributed by atoms with Gasteiger partial charge in [0.2, 0.25) is 0 Å². The van der Waals surface area contributed by atoms with E-state index in [9.17, 15) is 9.18 Å². The Morgan fingerprint density at radius 2 is 2.08 bits per heavy atom. The molecule has 0 aliphatic carbocycles. The summed E-state index contributed by atoms with van der Waals surface area (Å²) in [7, 11) is 0. The van der Waals surface area contributed by atoms with Gasteiger partial charge in [0.1, 0.15) is 17.8 Å². The number of carbonyl (C=O) groups excluding carboxylic acids is 1. The predicted molar refractivity (Wildman–Crippen MR) is 139 cm³/mol. The minimum Gasteiger partial charge on any atom is -0.472 e. The van der Waals surface area contributed by atoms with Gasteiger partial charge in [0.15, 0.2) is 22.8 Å². The Balaban J connectivity index is 1.27. The fraction of sp³-hybridized carbons (Fsp3) is 0.360. The second kappa shape index (κ2) is 9.94. The molecule has 3 aliphatic heterocycles. The third-order valence-corrected chi connectivity index (χ3v) is 7.42. The fourth-order valence-electron chi connectivity index (χ4n) is 4.50. The summed E-state index contributed by atoms with van der Waals surface area (Å²) in [5.41, 5.74) is 3.08. The van der Waals surface area contributed by atoms with Gasteiger partial charge < -0.3 is 29.9 Å². The lowest BCUT2D eigenvalue weighted by Crippen LogP contribution is -2.36. The topological polar surface area (TPSA) is 105 Å². The number of amides is 1. The molecule has 6 rings (SSSR count). The molecule has 0 spiro atoms. The number of anilines is 3. The molecule has 12 heteroatoms. The quantitative estimate of drug-likeness (QED) is 0.521. The average Bonchev–Trinajstić information content (AvgIpc) is 3.56. The summed E-state index contributed by atoms with van der Waals surface area (Å²) in [5.74, 6) is -0.105. The van der Waals surface area contributed by atoms with Gasteiger partial charge in [-0.15, -0.1) is 0 Å². The molecule has 1 atom stereocenters. The summed E-state index contributed by atoms with van der Waals surface area (Å²) in [6.45, 7) is 5.40.